The second-order valence-corrected chi connectivity index (χ2v) is 7.93. The van der Waals surface area contributed by atoms with E-state index in [-0.39, 0.29) is 11.9 Å². The quantitative estimate of drug-likeness (QED) is 0.744. The molecule has 1 N–H and O–H groups in total. The molecule has 0 aromatic heterocycles. The van der Waals surface area contributed by atoms with E-state index in [0.717, 1.165) is 24.6 Å². The topological polar surface area (TPSA) is 50.8 Å². The van der Waals surface area contributed by atoms with Crippen LogP contribution in [0.3, 0.4) is 0 Å². The number of methoxy groups -OCH3 is 1. The van der Waals surface area contributed by atoms with Gasteiger partial charge in [-0.25, -0.2) is 0 Å². The van der Waals surface area contributed by atoms with Crippen molar-refractivity contribution in [1.82, 2.24) is 5.32 Å². The fourth-order valence-corrected chi connectivity index (χ4v) is 3.59. The van der Waals surface area contributed by atoms with Crippen molar-refractivity contribution in [1.29, 1.82) is 0 Å². The van der Waals surface area contributed by atoms with E-state index in [1.807, 2.05) is 25.1 Å². The Balaban J connectivity index is 1.54. The molecule has 2 atom stereocenters. The van der Waals surface area contributed by atoms with Crippen molar-refractivity contribution in [2.75, 3.05) is 25.1 Å². The zero-order chi connectivity index (χ0) is 20.8. The van der Waals surface area contributed by atoms with Crippen LogP contribution < -0.4 is 19.7 Å². The summed E-state index contributed by atoms with van der Waals surface area (Å²) < 4.78 is 11.0. The smallest absolute Gasteiger partial charge is 0.261 e. The molecule has 0 radical (unpaired) electrons. The molecule has 0 unspecified atom stereocenters. The molecule has 1 fully saturated rings. The molecule has 0 saturated carbocycles. The normalized spacial score (nSPS) is 16.8. The van der Waals surface area contributed by atoms with Gasteiger partial charge in [-0.2, -0.15) is 0 Å². The first-order valence-electron chi connectivity index (χ1n) is 10.4. The highest BCUT2D eigenvalue weighted by molar-refractivity contribution is 5.81. The van der Waals surface area contributed by atoms with Crippen molar-refractivity contribution < 1.29 is 14.3 Å². The lowest BCUT2D eigenvalue weighted by molar-refractivity contribution is -0.127. The highest BCUT2D eigenvalue weighted by atomic mass is 16.5. The van der Waals surface area contributed by atoms with Gasteiger partial charge in [0.1, 0.15) is 11.5 Å². The maximum absolute atomic E-state index is 12.6. The third kappa shape index (κ3) is 5.66. The van der Waals surface area contributed by atoms with Gasteiger partial charge in [-0.1, -0.05) is 25.1 Å². The Morgan fingerprint density at radius 2 is 1.72 bits per heavy atom. The molecule has 29 heavy (non-hydrogen) atoms. The summed E-state index contributed by atoms with van der Waals surface area (Å²) in [5.41, 5.74) is 2.34. The number of anilines is 1. The van der Waals surface area contributed by atoms with Crippen molar-refractivity contribution in [2.24, 2.45) is 5.92 Å². The zero-order valence-electron chi connectivity index (χ0n) is 17.9. The van der Waals surface area contributed by atoms with Crippen LogP contribution in [0.15, 0.2) is 48.5 Å². The molecule has 1 saturated heterocycles. The van der Waals surface area contributed by atoms with Crippen LogP contribution in [-0.2, 0) is 4.79 Å². The number of hydrogen-bond donors (Lipinski definition) is 1. The average molecular weight is 397 g/mol. The summed E-state index contributed by atoms with van der Waals surface area (Å²) >= 11 is 0. The first-order valence-corrected chi connectivity index (χ1v) is 10.4. The summed E-state index contributed by atoms with van der Waals surface area (Å²) in [6, 6.07) is 15.7. The fourth-order valence-electron chi connectivity index (χ4n) is 3.59. The van der Waals surface area contributed by atoms with Crippen LogP contribution in [0, 0.1) is 5.92 Å². The van der Waals surface area contributed by atoms with Gasteiger partial charge in [0.25, 0.3) is 5.91 Å². The molecular weight excluding hydrogens is 364 g/mol. The zero-order valence-corrected chi connectivity index (χ0v) is 17.9. The molecule has 156 valence electrons. The van der Waals surface area contributed by atoms with Gasteiger partial charge in [-0.3, -0.25) is 4.79 Å². The molecule has 1 aliphatic heterocycles. The molecule has 5 heteroatoms. The molecule has 1 aliphatic rings. The van der Waals surface area contributed by atoms with Crippen molar-refractivity contribution in [3.05, 3.63) is 54.1 Å². The maximum Gasteiger partial charge on any atom is 0.261 e. The predicted octanol–water partition coefficient (Wildman–Crippen LogP) is 4.58. The molecule has 1 heterocycles. The van der Waals surface area contributed by atoms with E-state index in [0.29, 0.717) is 11.5 Å². The number of carbonyl (C=O) groups excluding carboxylic acids is 1. The summed E-state index contributed by atoms with van der Waals surface area (Å²) in [6.07, 6.45) is 1.90. The number of nitrogens with one attached hydrogen (secondary N) is 1. The van der Waals surface area contributed by atoms with Gasteiger partial charge in [0.05, 0.1) is 13.2 Å². The van der Waals surface area contributed by atoms with Gasteiger partial charge in [-0.15, -0.1) is 0 Å². The summed E-state index contributed by atoms with van der Waals surface area (Å²) in [5, 5.41) is 3.04. The molecular formula is C24H32N2O3. The van der Waals surface area contributed by atoms with E-state index in [1.165, 1.54) is 18.5 Å². The van der Waals surface area contributed by atoms with Crippen LogP contribution in [0.5, 0.6) is 11.5 Å². The Labute approximate surface area is 174 Å². The number of nitrogens with zero attached hydrogens (tertiary/aromatic N) is 1. The standard InChI is InChI=1S/C24H32N2O3/c1-17-12-14-26(15-13-17)21-10-8-20(9-11-21)18(2)25-24(27)19(3)29-23-7-5-6-22(16-23)28-4/h5-11,16-19H,12-15H2,1-4H3,(H,25,27)/t18-,19+/m1/s1. The van der Waals surface area contributed by atoms with Crippen LogP contribution in [0.25, 0.3) is 0 Å². The van der Waals surface area contributed by atoms with E-state index in [1.54, 1.807) is 20.1 Å². The van der Waals surface area contributed by atoms with E-state index in [9.17, 15) is 4.79 Å². The largest absolute Gasteiger partial charge is 0.497 e. The summed E-state index contributed by atoms with van der Waals surface area (Å²) in [6.45, 7) is 8.30. The van der Waals surface area contributed by atoms with E-state index >= 15 is 0 Å². The first kappa shape index (κ1) is 21.0. The summed E-state index contributed by atoms with van der Waals surface area (Å²) in [5.74, 6) is 1.99. The van der Waals surface area contributed by atoms with Gasteiger partial charge in [0.2, 0.25) is 0 Å². The minimum atomic E-state index is -0.598. The molecule has 2 aromatic carbocycles. The van der Waals surface area contributed by atoms with Crippen molar-refractivity contribution in [3.8, 4) is 11.5 Å². The molecule has 0 aliphatic carbocycles. The van der Waals surface area contributed by atoms with Crippen LogP contribution in [0.4, 0.5) is 5.69 Å². The number of carbonyl (C=O) groups is 1. The third-order valence-electron chi connectivity index (χ3n) is 5.62. The fraction of sp³-hybridized carbons (Fsp3) is 0.458. The highest BCUT2D eigenvalue weighted by Crippen LogP contribution is 2.25. The lowest BCUT2D eigenvalue weighted by Crippen LogP contribution is -2.37. The summed E-state index contributed by atoms with van der Waals surface area (Å²) in [4.78, 5) is 15.0. The minimum Gasteiger partial charge on any atom is -0.497 e. The minimum absolute atomic E-state index is 0.0886. The Morgan fingerprint density at radius 3 is 2.38 bits per heavy atom. The first-order chi connectivity index (χ1) is 14.0. The molecule has 0 bridgehead atoms. The molecule has 0 spiro atoms. The Morgan fingerprint density at radius 1 is 1.07 bits per heavy atom. The number of hydrogen-bond acceptors (Lipinski definition) is 4. The maximum atomic E-state index is 12.6. The predicted molar refractivity (Wildman–Crippen MR) is 117 cm³/mol. The van der Waals surface area contributed by atoms with Crippen molar-refractivity contribution in [3.63, 3.8) is 0 Å². The summed E-state index contributed by atoms with van der Waals surface area (Å²) in [7, 11) is 1.61. The van der Waals surface area contributed by atoms with Gasteiger partial charge >= 0.3 is 0 Å². The van der Waals surface area contributed by atoms with Crippen LogP contribution in [0.1, 0.15) is 45.2 Å². The lowest BCUT2D eigenvalue weighted by atomic mass is 9.98. The Hall–Kier alpha value is -2.69. The van der Waals surface area contributed by atoms with Gasteiger partial charge in [0.15, 0.2) is 6.10 Å². The molecule has 1 amide bonds. The monoisotopic (exact) mass is 396 g/mol. The van der Waals surface area contributed by atoms with Crippen LogP contribution in [-0.4, -0.2) is 32.2 Å². The second-order valence-electron chi connectivity index (χ2n) is 7.93. The molecule has 3 rings (SSSR count). The van der Waals surface area contributed by atoms with Gasteiger partial charge in [0, 0.05) is 24.8 Å². The Bertz CT molecular complexity index is 798. The number of ether oxygens (including phenoxy) is 2. The number of benzene rings is 2. The highest BCUT2D eigenvalue weighted by Gasteiger charge is 2.19. The third-order valence-corrected chi connectivity index (χ3v) is 5.62. The van der Waals surface area contributed by atoms with E-state index in [4.69, 9.17) is 9.47 Å². The van der Waals surface area contributed by atoms with Gasteiger partial charge < -0.3 is 19.7 Å². The van der Waals surface area contributed by atoms with Crippen molar-refractivity contribution >= 4 is 11.6 Å². The lowest BCUT2D eigenvalue weighted by Gasteiger charge is -2.32. The second kappa shape index (κ2) is 9.68. The molecule has 2 aromatic rings. The number of amides is 1. The Kier molecular flexibility index (Phi) is 7.02. The van der Waals surface area contributed by atoms with Crippen molar-refractivity contribution in [2.45, 2.75) is 45.8 Å². The van der Waals surface area contributed by atoms with E-state index in [2.05, 4.69) is 41.4 Å². The van der Waals surface area contributed by atoms with Crippen LogP contribution >= 0.6 is 0 Å². The SMILES string of the molecule is COc1cccc(O[C@@H](C)C(=O)N[C@H](C)c2ccc(N3CCC(C)CC3)cc2)c1. The number of piperidine rings is 1. The van der Waals surface area contributed by atoms with Gasteiger partial charge in [-0.05, 0) is 62.4 Å². The van der Waals surface area contributed by atoms with E-state index < -0.39 is 6.10 Å². The molecule has 5 nitrogen and oxygen atoms in total. The number of rotatable bonds is 7. The average Bonchev–Trinajstić information content (AvgIpc) is 2.74. The van der Waals surface area contributed by atoms with Crippen LogP contribution in [0.2, 0.25) is 0 Å².